The van der Waals surface area contributed by atoms with Gasteiger partial charge in [0.05, 0.1) is 31.2 Å². The minimum atomic E-state index is -4.11. The molecule has 1 saturated carbocycles. The van der Waals surface area contributed by atoms with Crippen molar-refractivity contribution in [2.24, 2.45) is 5.10 Å². The van der Waals surface area contributed by atoms with E-state index in [9.17, 15) is 8.42 Å². The average molecular weight is 527 g/mol. The van der Waals surface area contributed by atoms with Gasteiger partial charge in [0.15, 0.2) is 11.6 Å². The zero-order chi connectivity index (χ0) is 25.6. The first-order valence-corrected chi connectivity index (χ1v) is 13.0. The number of hydrazone groups is 1. The molecule has 4 heterocycles. The number of fused-ring (bicyclic) bond motifs is 1. The van der Waals surface area contributed by atoms with E-state index in [0.29, 0.717) is 17.3 Å². The van der Waals surface area contributed by atoms with Crippen molar-refractivity contribution >= 4 is 27.7 Å². The molecule has 0 amide bonds. The quantitative estimate of drug-likeness (QED) is 0.294. The Balaban J connectivity index is 1.19. The zero-order valence-electron chi connectivity index (χ0n) is 19.7. The monoisotopic (exact) mass is 526 g/mol. The molecule has 13 nitrogen and oxygen atoms in total. The summed E-state index contributed by atoms with van der Waals surface area (Å²) in [6.07, 6.45) is 9.09. The third kappa shape index (κ3) is 4.59. The molecule has 3 aromatic heterocycles. The number of pyridine rings is 1. The second-order valence-electron chi connectivity index (χ2n) is 8.73. The number of hydrogen-bond acceptors (Lipinski definition) is 10. The van der Waals surface area contributed by atoms with Gasteiger partial charge in [0.2, 0.25) is 5.03 Å². The van der Waals surface area contributed by atoms with Crippen molar-refractivity contribution in [3.05, 3.63) is 65.5 Å². The van der Waals surface area contributed by atoms with Gasteiger partial charge in [0.25, 0.3) is 10.0 Å². The predicted octanol–water partition coefficient (Wildman–Crippen LogP) is 1.25. The minimum absolute atomic E-state index is 0.0234. The van der Waals surface area contributed by atoms with E-state index in [-0.39, 0.29) is 29.4 Å². The number of anilines is 1. The molecule has 0 spiro atoms. The van der Waals surface area contributed by atoms with E-state index in [1.54, 1.807) is 6.07 Å². The predicted molar refractivity (Wildman–Crippen MR) is 131 cm³/mol. The van der Waals surface area contributed by atoms with Crippen molar-refractivity contribution < 1.29 is 17.5 Å². The van der Waals surface area contributed by atoms with Crippen LogP contribution in [0.1, 0.15) is 35.6 Å². The SMILES string of the molecule is COc1ccc(N2C=NNN2)c(CNS(=O)(=O)c2cn(Cc3cn4cc(C5CC5)ccc4n3)nn2)c1F. The highest BCUT2D eigenvalue weighted by Gasteiger charge is 2.25. The summed E-state index contributed by atoms with van der Waals surface area (Å²) < 4.78 is 51.8. The number of hydrazine groups is 2. The Morgan fingerprint density at radius 1 is 1.19 bits per heavy atom. The number of benzene rings is 1. The molecule has 37 heavy (non-hydrogen) atoms. The van der Waals surface area contributed by atoms with Gasteiger partial charge in [-0.15, -0.1) is 10.6 Å². The van der Waals surface area contributed by atoms with E-state index in [0.717, 1.165) is 5.65 Å². The van der Waals surface area contributed by atoms with E-state index in [4.69, 9.17) is 4.74 Å². The molecule has 3 N–H and O–H groups in total. The smallest absolute Gasteiger partial charge is 0.261 e. The average Bonchev–Trinajstić information content (AvgIpc) is 3.24. The van der Waals surface area contributed by atoms with E-state index < -0.39 is 15.8 Å². The largest absolute Gasteiger partial charge is 0.494 e. The fraction of sp³-hybridized carbons (Fsp3) is 0.273. The molecule has 1 aliphatic carbocycles. The van der Waals surface area contributed by atoms with E-state index >= 15 is 4.39 Å². The molecule has 6 rings (SSSR count). The van der Waals surface area contributed by atoms with Crippen LogP contribution in [-0.4, -0.2) is 46.2 Å². The maximum absolute atomic E-state index is 15.1. The van der Waals surface area contributed by atoms with Gasteiger partial charge in [-0.25, -0.2) is 37.7 Å². The molecule has 0 radical (unpaired) electrons. The number of nitrogens with one attached hydrogen (secondary N) is 3. The van der Waals surface area contributed by atoms with Gasteiger partial charge < -0.3 is 9.14 Å². The summed E-state index contributed by atoms with van der Waals surface area (Å²) in [6.45, 7) is -0.125. The number of rotatable bonds is 9. The normalized spacial score (nSPS) is 15.5. The molecule has 192 valence electrons. The second-order valence-corrected chi connectivity index (χ2v) is 10.4. The summed E-state index contributed by atoms with van der Waals surface area (Å²) in [7, 11) is -2.78. The number of halogens is 1. The first-order chi connectivity index (χ1) is 17.9. The van der Waals surface area contributed by atoms with Crippen molar-refractivity contribution in [3.63, 3.8) is 0 Å². The van der Waals surface area contributed by atoms with Gasteiger partial charge in [-0.1, -0.05) is 11.3 Å². The summed E-state index contributed by atoms with van der Waals surface area (Å²) in [6, 6.07) is 7.09. The molecule has 15 heteroatoms. The summed E-state index contributed by atoms with van der Waals surface area (Å²) >= 11 is 0. The molecule has 0 saturated heterocycles. The highest BCUT2D eigenvalue weighted by molar-refractivity contribution is 7.89. The molecule has 0 unspecified atom stereocenters. The maximum Gasteiger partial charge on any atom is 0.261 e. The summed E-state index contributed by atoms with van der Waals surface area (Å²) in [5.41, 5.74) is 8.41. The van der Waals surface area contributed by atoms with Gasteiger partial charge in [-0.05, 0) is 42.5 Å². The van der Waals surface area contributed by atoms with Crippen molar-refractivity contribution in [3.8, 4) is 5.75 Å². The number of ether oxygens (including phenoxy) is 1. The Labute approximate surface area is 210 Å². The topological polar surface area (TPSA) is 143 Å². The zero-order valence-corrected chi connectivity index (χ0v) is 20.5. The number of imidazole rings is 1. The highest BCUT2D eigenvalue weighted by Crippen LogP contribution is 2.39. The summed E-state index contributed by atoms with van der Waals surface area (Å²) in [4.78, 5) is 4.58. The highest BCUT2D eigenvalue weighted by atomic mass is 32.2. The van der Waals surface area contributed by atoms with Crippen molar-refractivity contribution in [1.29, 1.82) is 0 Å². The van der Waals surface area contributed by atoms with Gasteiger partial charge in [0.1, 0.15) is 12.0 Å². The van der Waals surface area contributed by atoms with Crippen LogP contribution in [-0.2, 0) is 23.1 Å². The van der Waals surface area contributed by atoms with Gasteiger partial charge >= 0.3 is 0 Å². The molecule has 2 aliphatic rings. The molecular weight excluding hydrogens is 503 g/mol. The first-order valence-electron chi connectivity index (χ1n) is 11.5. The molecule has 1 aliphatic heterocycles. The Hall–Kier alpha value is -4.08. The van der Waals surface area contributed by atoms with Gasteiger partial charge in [-0.2, -0.15) is 5.10 Å². The lowest BCUT2D eigenvalue weighted by Crippen LogP contribution is -2.38. The lowest BCUT2D eigenvalue weighted by molar-refractivity contribution is 0.384. The molecule has 1 aromatic carbocycles. The number of sulfonamides is 1. The van der Waals surface area contributed by atoms with Gasteiger partial charge in [0, 0.05) is 24.5 Å². The lowest BCUT2D eigenvalue weighted by Gasteiger charge is -2.19. The number of nitrogens with zero attached hydrogens (tertiary/aromatic N) is 7. The Morgan fingerprint density at radius 3 is 2.81 bits per heavy atom. The minimum Gasteiger partial charge on any atom is -0.494 e. The first kappa shape index (κ1) is 23.3. The fourth-order valence-corrected chi connectivity index (χ4v) is 5.03. The molecule has 1 fully saturated rings. The van der Waals surface area contributed by atoms with Crippen LogP contribution in [0.3, 0.4) is 0 Å². The van der Waals surface area contributed by atoms with Crippen molar-refractivity contribution in [1.82, 2.24) is 40.2 Å². The van der Waals surface area contributed by atoms with Crippen LogP contribution in [0, 0.1) is 5.82 Å². The molecule has 0 atom stereocenters. The van der Waals surface area contributed by atoms with Crippen molar-refractivity contribution in [2.75, 3.05) is 12.1 Å². The third-order valence-electron chi connectivity index (χ3n) is 6.20. The van der Waals surface area contributed by atoms with Crippen LogP contribution in [0.5, 0.6) is 5.75 Å². The molecule has 0 bridgehead atoms. The van der Waals surface area contributed by atoms with Crippen molar-refractivity contribution in [2.45, 2.75) is 36.9 Å². The molecule has 4 aromatic rings. The summed E-state index contributed by atoms with van der Waals surface area (Å²) in [5, 5.41) is 12.7. The standard InChI is InChI=1S/C22H23FN10O3S/c1-36-19-6-5-18(33-13-24-28-30-33)17(22(19)23)8-25-37(34,35)21-12-32(29-27-21)11-16-10-31-9-15(14-2-3-14)4-7-20(31)26-16/h4-7,9-10,12-14,25,28,30H,2-3,8,11H2,1H3. The Bertz CT molecular complexity index is 1610. The number of aromatic nitrogens is 5. The van der Waals surface area contributed by atoms with Crippen LogP contribution in [0.25, 0.3) is 5.65 Å². The second kappa shape index (κ2) is 9.10. The van der Waals surface area contributed by atoms with E-state index in [1.165, 1.54) is 53.8 Å². The summed E-state index contributed by atoms with van der Waals surface area (Å²) in [5.74, 6) is -0.0985. The Morgan fingerprint density at radius 2 is 2.05 bits per heavy atom. The number of methoxy groups -OCH3 is 1. The molecular formula is C22H23FN10O3S. The maximum atomic E-state index is 15.1. The Kier molecular flexibility index (Phi) is 5.73. The third-order valence-corrected chi connectivity index (χ3v) is 7.46. The van der Waals surface area contributed by atoms with Crippen LogP contribution in [0.15, 0.2) is 53.0 Å². The fourth-order valence-electron chi connectivity index (χ4n) is 4.15. The van der Waals surface area contributed by atoms with Crippen LogP contribution in [0.2, 0.25) is 0 Å². The van der Waals surface area contributed by atoms with Gasteiger partial charge in [-0.3, -0.25) is 0 Å². The number of hydrogen-bond donors (Lipinski definition) is 3. The van der Waals surface area contributed by atoms with Crippen LogP contribution in [0.4, 0.5) is 10.1 Å². The van der Waals surface area contributed by atoms with Crippen LogP contribution < -0.4 is 25.5 Å². The van der Waals surface area contributed by atoms with E-state index in [2.05, 4.69) is 48.5 Å². The van der Waals surface area contributed by atoms with E-state index in [1.807, 2.05) is 16.7 Å². The lowest BCUT2D eigenvalue weighted by atomic mass is 10.1. The van der Waals surface area contributed by atoms with Crippen LogP contribution >= 0.6 is 0 Å².